The number of nitrogens with one attached hydrogen (secondary N) is 3. The SMILES string of the molecule is CC(C)NC(=O)Nc1ccc2n(c1=O)C[C@H]1C[C@@H]2C[NH+](Cc2ccc(F)cc2)C1. The van der Waals surface area contributed by atoms with Gasteiger partial charge in [0.2, 0.25) is 0 Å². The first-order valence-electron chi connectivity index (χ1n) is 10.3. The van der Waals surface area contributed by atoms with Gasteiger partial charge in [-0.05, 0) is 44.5 Å². The van der Waals surface area contributed by atoms with Crippen LogP contribution in [-0.4, -0.2) is 29.7 Å². The summed E-state index contributed by atoms with van der Waals surface area (Å²) in [6.45, 7) is 7.24. The zero-order valence-electron chi connectivity index (χ0n) is 16.9. The summed E-state index contributed by atoms with van der Waals surface area (Å²) in [6.07, 6.45) is 1.09. The van der Waals surface area contributed by atoms with Gasteiger partial charge in [0.05, 0.1) is 13.1 Å². The van der Waals surface area contributed by atoms with Crippen LogP contribution in [0, 0.1) is 11.7 Å². The van der Waals surface area contributed by atoms with E-state index in [4.69, 9.17) is 0 Å². The summed E-state index contributed by atoms with van der Waals surface area (Å²) in [6, 6.07) is 10.1. The molecule has 1 aromatic heterocycles. The summed E-state index contributed by atoms with van der Waals surface area (Å²) >= 11 is 0. The number of amides is 2. The maximum absolute atomic E-state index is 13.2. The van der Waals surface area contributed by atoms with E-state index in [0.29, 0.717) is 24.1 Å². The van der Waals surface area contributed by atoms with E-state index in [9.17, 15) is 14.0 Å². The minimum absolute atomic E-state index is 0.00445. The number of hydrogen-bond acceptors (Lipinski definition) is 2. The highest BCUT2D eigenvalue weighted by Gasteiger charge is 2.37. The molecule has 2 aliphatic heterocycles. The van der Waals surface area contributed by atoms with Crippen LogP contribution in [0.15, 0.2) is 41.2 Å². The lowest BCUT2D eigenvalue weighted by Crippen LogP contribution is -3.13. The van der Waals surface area contributed by atoms with Gasteiger partial charge in [-0.2, -0.15) is 0 Å². The van der Waals surface area contributed by atoms with Crippen molar-refractivity contribution in [2.75, 3.05) is 18.4 Å². The fraction of sp³-hybridized carbons (Fsp3) is 0.455. The number of halogens is 1. The van der Waals surface area contributed by atoms with Crippen LogP contribution in [-0.2, 0) is 13.1 Å². The molecule has 154 valence electrons. The number of carbonyl (C=O) groups excluding carboxylic acids is 1. The molecule has 3 heterocycles. The molecule has 4 rings (SSSR count). The second-order valence-corrected chi connectivity index (χ2v) is 8.60. The lowest BCUT2D eigenvalue weighted by atomic mass is 9.83. The molecule has 3 N–H and O–H groups in total. The Bertz CT molecular complexity index is 954. The van der Waals surface area contributed by atoms with E-state index in [2.05, 4.69) is 10.6 Å². The number of piperidine rings is 1. The predicted octanol–water partition coefficient (Wildman–Crippen LogP) is 1.72. The van der Waals surface area contributed by atoms with Crippen LogP contribution in [0.1, 0.15) is 37.4 Å². The van der Waals surface area contributed by atoms with Gasteiger partial charge in [0.15, 0.2) is 0 Å². The molecule has 29 heavy (non-hydrogen) atoms. The van der Waals surface area contributed by atoms with E-state index in [1.54, 1.807) is 6.07 Å². The maximum atomic E-state index is 13.2. The number of carbonyl (C=O) groups is 1. The van der Waals surface area contributed by atoms with Crippen LogP contribution < -0.4 is 21.1 Å². The molecule has 1 saturated heterocycles. The first kappa shape index (κ1) is 19.6. The van der Waals surface area contributed by atoms with Gasteiger partial charge in [-0.25, -0.2) is 9.18 Å². The Hall–Kier alpha value is -2.67. The number of aromatic nitrogens is 1. The summed E-state index contributed by atoms with van der Waals surface area (Å²) < 4.78 is 15.0. The highest BCUT2D eigenvalue weighted by Crippen LogP contribution is 2.31. The fourth-order valence-electron chi connectivity index (χ4n) is 4.72. The van der Waals surface area contributed by atoms with Crippen LogP contribution in [0.4, 0.5) is 14.9 Å². The van der Waals surface area contributed by atoms with Crippen molar-refractivity contribution < 1.29 is 14.1 Å². The highest BCUT2D eigenvalue weighted by molar-refractivity contribution is 5.89. The molecular formula is C22H28FN4O2+. The number of benzene rings is 1. The summed E-state index contributed by atoms with van der Waals surface area (Å²) in [5, 5.41) is 5.43. The Morgan fingerprint density at radius 3 is 2.69 bits per heavy atom. The first-order chi connectivity index (χ1) is 13.9. The van der Waals surface area contributed by atoms with Crippen molar-refractivity contribution in [3.05, 3.63) is 63.8 Å². The van der Waals surface area contributed by atoms with Gasteiger partial charge in [-0.3, -0.25) is 4.79 Å². The number of anilines is 1. The number of hydrogen-bond donors (Lipinski definition) is 3. The summed E-state index contributed by atoms with van der Waals surface area (Å²) in [5.41, 5.74) is 2.38. The molecule has 2 bridgehead atoms. The van der Waals surface area contributed by atoms with E-state index in [-0.39, 0.29) is 23.4 Å². The second-order valence-electron chi connectivity index (χ2n) is 8.60. The Morgan fingerprint density at radius 2 is 1.97 bits per heavy atom. The number of quaternary nitrogens is 1. The molecule has 1 unspecified atom stereocenters. The molecule has 3 atom stereocenters. The molecule has 2 aliphatic rings. The third-order valence-electron chi connectivity index (χ3n) is 5.83. The van der Waals surface area contributed by atoms with E-state index in [0.717, 1.165) is 37.3 Å². The Labute approximate surface area is 169 Å². The normalized spacial score (nSPS) is 22.8. The van der Waals surface area contributed by atoms with Gasteiger partial charge in [-0.1, -0.05) is 12.1 Å². The molecule has 0 saturated carbocycles. The molecule has 1 aromatic carbocycles. The van der Waals surface area contributed by atoms with Crippen molar-refractivity contribution in [1.82, 2.24) is 9.88 Å². The van der Waals surface area contributed by atoms with Crippen LogP contribution in [0.25, 0.3) is 0 Å². The van der Waals surface area contributed by atoms with Crippen molar-refractivity contribution in [3.63, 3.8) is 0 Å². The highest BCUT2D eigenvalue weighted by atomic mass is 19.1. The van der Waals surface area contributed by atoms with Crippen LogP contribution in [0.3, 0.4) is 0 Å². The predicted molar refractivity (Wildman–Crippen MR) is 110 cm³/mol. The zero-order chi connectivity index (χ0) is 20.5. The van der Waals surface area contributed by atoms with E-state index in [1.165, 1.54) is 17.0 Å². The number of rotatable bonds is 4. The second kappa shape index (κ2) is 7.99. The third-order valence-corrected chi connectivity index (χ3v) is 5.83. The van der Waals surface area contributed by atoms with E-state index in [1.807, 2.05) is 36.6 Å². The summed E-state index contributed by atoms with van der Waals surface area (Å²) in [7, 11) is 0. The number of likely N-dealkylation sites (tertiary alicyclic amines) is 1. The van der Waals surface area contributed by atoms with Crippen molar-refractivity contribution in [3.8, 4) is 0 Å². The summed E-state index contributed by atoms with van der Waals surface area (Å²) in [4.78, 5) is 26.4. The lowest BCUT2D eigenvalue weighted by molar-refractivity contribution is -0.924. The molecule has 0 radical (unpaired) electrons. The molecule has 0 aliphatic carbocycles. The summed E-state index contributed by atoms with van der Waals surface area (Å²) in [5.74, 6) is 0.539. The van der Waals surface area contributed by atoms with Gasteiger partial charge in [0.1, 0.15) is 18.0 Å². The minimum atomic E-state index is -0.358. The van der Waals surface area contributed by atoms with Gasteiger partial charge >= 0.3 is 6.03 Å². The Kier molecular flexibility index (Phi) is 5.41. The molecule has 1 fully saturated rings. The molecular weight excluding hydrogens is 371 g/mol. The van der Waals surface area contributed by atoms with Crippen molar-refractivity contribution >= 4 is 11.7 Å². The zero-order valence-corrected chi connectivity index (χ0v) is 16.9. The van der Waals surface area contributed by atoms with Crippen molar-refractivity contribution in [1.29, 1.82) is 0 Å². The first-order valence-corrected chi connectivity index (χ1v) is 10.3. The maximum Gasteiger partial charge on any atom is 0.319 e. The van der Waals surface area contributed by atoms with E-state index < -0.39 is 0 Å². The Morgan fingerprint density at radius 1 is 1.21 bits per heavy atom. The molecule has 2 amide bonds. The van der Waals surface area contributed by atoms with Gasteiger partial charge in [-0.15, -0.1) is 0 Å². The largest absolute Gasteiger partial charge is 0.336 e. The number of pyridine rings is 1. The smallest absolute Gasteiger partial charge is 0.319 e. The molecule has 2 aromatic rings. The fourth-order valence-corrected chi connectivity index (χ4v) is 4.72. The third kappa shape index (κ3) is 4.34. The average Bonchev–Trinajstić information content (AvgIpc) is 2.66. The van der Waals surface area contributed by atoms with Crippen molar-refractivity contribution in [2.45, 2.75) is 45.3 Å². The molecule has 0 spiro atoms. The number of nitrogens with zero attached hydrogens (tertiary/aromatic N) is 1. The topological polar surface area (TPSA) is 67.6 Å². The number of urea groups is 1. The number of fused-ring (bicyclic) bond motifs is 4. The van der Waals surface area contributed by atoms with Crippen LogP contribution >= 0.6 is 0 Å². The molecule has 7 heteroatoms. The van der Waals surface area contributed by atoms with Gasteiger partial charge < -0.3 is 20.1 Å². The van der Waals surface area contributed by atoms with Crippen LogP contribution in [0.5, 0.6) is 0 Å². The lowest BCUT2D eigenvalue weighted by Gasteiger charge is -2.40. The Balaban J connectivity index is 1.50. The van der Waals surface area contributed by atoms with Gasteiger partial charge in [0, 0.05) is 35.7 Å². The van der Waals surface area contributed by atoms with Crippen molar-refractivity contribution in [2.24, 2.45) is 5.92 Å². The van der Waals surface area contributed by atoms with Crippen LogP contribution in [0.2, 0.25) is 0 Å². The molecule has 6 nitrogen and oxygen atoms in total. The van der Waals surface area contributed by atoms with Gasteiger partial charge in [0.25, 0.3) is 5.56 Å². The quantitative estimate of drug-likeness (QED) is 0.733. The monoisotopic (exact) mass is 399 g/mol. The standard InChI is InChI=1S/C22H27FN4O2/c1-14(2)24-22(29)25-19-7-8-20-17-9-16(12-27(20)21(19)28)11-26(13-17)10-15-3-5-18(23)6-4-15/h3-8,14,16-17H,9-13H2,1-2H3,(H2,24,25,29)/p+1/t16-,17+/m0/s1. The average molecular weight is 399 g/mol. The van der Waals surface area contributed by atoms with E-state index >= 15 is 0 Å². The minimum Gasteiger partial charge on any atom is -0.336 e.